The Balaban J connectivity index is 1.30. The van der Waals surface area contributed by atoms with Gasteiger partial charge in [0.25, 0.3) is 0 Å². The topological polar surface area (TPSA) is 87.7 Å². The Bertz CT molecular complexity index is 1320. The molecule has 0 radical (unpaired) electrons. The first-order valence-electron chi connectivity index (χ1n) is 14.4. The fraction of sp³-hybridized carbons (Fsp3) is 0.469. The molecule has 2 bridgehead atoms. The number of benzene rings is 2. The van der Waals surface area contributed by atoms with Gasteiger partial charge in [0.1, 0.15) is 11.6 Å². The summed E-state index contributed by atoms with van der Waals surface area (Å²) in [5.74, 6) is -1.86. The van der Waals surface area contributed by atoms with Crippen LogP contribution in [0, 0.1) is 11.8 Å². The number of likely N-dealkylation sites (tertiary alicyclic amines) is 1. The average molecular weight is 562 g/mol. The van der Waals surface area contributed by atoms with Gasteiger partial charge in [-0.25, -0.2) is 0 Å². The quantitative estimate of drug-likeness (QED) is 0.455. The highest BCUT2D eigenvalue weighted by atomic mass is 35.5. The third kappa shape index (κ3) is 4.73. The van der Waals surface area contributed by atoms with Gasteiger partial charge in [-0.1, -0.05) is 81.1 Å². The number of halogens is 1. The van der Waals surface area contributed by atoms with Gasteiger partial charge >= 0.3 is 0 Å². The molecule has 6 rings (SSSR count). The molecule has 2 aromatic rings. The Morgan fingerprint density at radius 2 is 1.73 bits per heavy atom. The average Bonchev–Trinajstić information content (AvgIpc) is 3.58. The predicted molar refractivity (Wildman–Crippen MR) is 154 cm³/mol. The van der Waals surface area contributed by atoms with Crippen LogP contribution in [0.15, 0.2) is 60.7 Å². The standard InChI is InChI=1S/C32H36ClN3O4/c1-19(2)21-10-14-24(15-11-21)34-29(37)26-25-16-17-32(40-25)27(26)31(39)36(18-20-8-12-22(33)13-9-20)28(32)30(38)35-23-6-4-3-5-7-23/h8-17,19,23,25-28H,3-7,18H2,1-2H3,(H,34,37)(H,35,38)/t25-,26+,27-,28+,32-/m1/s1. The lowest BCUT2D eigenvalue weighted by atomic mass is 9.74. The van der Waals surface area contributed by atoms with Gasteiger partial charge in [-0.2, -0.15) is 0 Å². The van der Waals surface area contributed by atoms with Crippen molar-refractivity contribution in [1.82, 2.24) is 10.2 Å². The SMILES string of the molecule is CC(C)c1ccc(NC(=O)[C@H]2[C@H]3C=C[C@]4(O3)[C@H](C(=O)NC3CCCCC3)N(Cc3ccc(Cl)cc3)C(=O)[C@@H]24)cc1. The van der Waals surface area contributed by atoms with Crippen LogP contribution in [0.25, 0.3) is 0 Å². The second kappa shape index (κ2) is 10.7. The van der Waals surface area contributed by atoms with Crippen molar-refractivity contribution in [1.29, 1.82) is 0 Å². The lowest BCUT2D eigenvalue weighted by molar-refractivity contribution is -0.142. The molecule has 3 heterocycles. The van der Waals surface area contributed by atoms with Crippen LogP contribution >= 0.6 is 11.6 Å². The number of hydrogen-bond acceptors (Lipinski definition) is 4. The van der Waals surface area contributed by atoms with Gasteiger partial charge in [0.2, 0.25) is 17.7 Å². The molecule has 1 saturated carbocycles. The number of ether oxygens (including phenoxy) is 1. The maximum Gasteiger partial charge on any atom is 0.246 e. The second-order valence-electron chi connectivity index (χ2n) is 11.9. The summed E-state index contributed by atoms with van der Waals surface area (Å²) in [6.45, 7) is 4.46. The summed E-state index contributed by atoms with van der Waals surface area (Å²) >= 11 is 6.10. The van der Waals surface area contributed by atoms with Gasteiger partial charge < -0.3 is 20.3 Å². The fourth-order valence-electron chi connectivity index (χ4n) is 6.93. The van der Waals surface area contributed by atoms with Crippen LogP contribution in [0.2, 0.25) is 5.02 Å². The van der Waals surface area contributed by atoms with Gasteiger partial charge in [0.05, 0.1) is 17.9 Å². The largest absolute Gasteiger partial charge is 0.359 e. The summed E-state index contributed by atoms with van der Waals surface area (Å²) in [6, 6.07) is 14.2. The zero-order chi connectivity index (χ0) is 28.0. The van der Waals surface area contributed by atoms with E-state index in [0.29, 0.717) is 16.6 Å². The highest BCUT2D eigenvalue weighted by molar-refractivity contribution is 6.30. The minimum absolute atomic E-state index is 0.0830. The van der Waals surface area contributed by atoms with Gasteiger partial charge in [0, 0.05) is 23.3 Å². The van der Waals surface area contributed by atoms with Crippen molar-refractivity contribution in [3.05, 3.63) is 76.8 Å². The van der Waals surface area contributed by atoms with E-state index in [1.807, 2.05) is 48.6 Å². The van der Waals surface area contributed by atoms with Crippen molar-refractivity contribution in [3.8, 4) is 0 Å². The predicted octanol–water partition coefficient (Wildman–Crippen LogP) is 5.20. The Morgan fingerprint density at radius 3 is 2.40 bits per heavy atom. The minimum atomic E-state index is -1.18. The third-order valence-electron chi connectivity index (χ3n) is 8.99. The number of fused-ring (bicyclic) bond motifs is 1. The van der Waals surface area contributed by atoms with E-state index in [2.05, 4.69) is 24.5 Å². The van der Waals surface area contributed by atoms with Gasteiger partial charge in [-0.05, 0) is 54.2 Å². The molecule has 0 unspecified atom stereocenters. The first kappa shape index (κ1) is 27.0. The van der Waals surface area contributed by atoms with Crippen LogP contribution < -0.4 is 10.6 Å². The molecule has 7 nitrogen and oxygen atoms in total. The van der Waals surface area contributed by atoms with Crippen LogP contribution in [0.3, 0.4) is 0 Å². The first-order valence-corrected chi connectivity index (χ1v) is 14.8. The van der Waals surface area contributed by atoms with Crippen LogP contribution in [-0.2, 0) is 25.7 Å². The summed E-state index contributed by atoms with van der Waals surface area (Å²) in [5.41, 5.74) is 1.52. The molecule has 2 saturated heterocycles. The molecule has 3 fully saturated rings. The highest BCUT2D eigenvalue weighted by Gasteiger charge is 2.72. The fourth-order valence-corrected chi connectivity index (χ4v) is 7.05. The molecule has 3 amide bonds. The van der Waals surface area contributed by atoms with Crippen LogP contribution in [0.4, 0.5) is 5.69 Å². The number of carbonyl (C=O) groups is 3. The van der Waals surface area contributed by atoms with E-state index >= 15 is 0 Å². The molecule has 210 valence electrons. The van der Waals surface area contributed by atoms with E-state index in [1.165, 1.54) is 12.0 Å². The smallest absolute Gasteiger partial charge is 0.246 e. The zero-order valence-corrected chi connectivity index (χ0v) is 23.7. The van der Waals surface area contributed by atoms with Crippen LogP contribution in [-0.4, -0.2) is 46.4 Å². The van der Waals surface area contributed by atoms with Crippen LogP contribution in [0.1, 0.15) is 63.0 Å². The molecule has 40 heavy (non-hydrogen) atoms. The highest BCUT2D eigenvalue weighted by Crippen LogP contribution is 2.55. The summed E-state index contributed by atoms with van der Waals surface area (Å²) in [7, 11) is 0. The normalized spacial score (nSPS) is 29.2. The molecule has 4 aliphatic rings. The molecular weight excluding hydrogens is 526 g/mol. The Hall–Kier alpha value is -3.16. The lowest BCUT2D eigenvalue weighted by Crippen LogP contribution is -2.56. The van der Waals surface area contributed by atoms with Gasteiger partial charge in [0.15, 0.2) is 0 Å². The van der Waals surface area contributed by atoms with Crippen molar-refractivity contribution in [2.75, 3.05) is 5.32 Å². The molecule has 1 spiro atoms. The van der Waals surface area contributed by atoms with E-state index in [9.17, 15) is 14.4 Å². The van der Waals surface area contributed by atoms with Crippen molar-refractivity contribution < 1.29 is 19.1 Å². The number of rotatable bonds is 7. The molecule has 2 aromatic carbocycles. The molecule has 0 aromatic heterocycles. The van der Waals surface area contributed by atoms with E-state index in [4.69, 9.17) is 16.3 Å². The maximum atomic E-state index is 14.2. The molecule has 1 aliphatic carbocycles. The van der Waals surface area contributed by atoms with Crippen LogP contribution in [0.5, 0.6) is 0 Å². The first-order chi connectivity index (χ1) is 19.3. The summed E-state index contributed by atoms with van der Waals surface area (Å²) in [5, 5.41) is 6.83. The minimum Gasteiger partial charge on any atom is -0.359 e. The third-order valence-corrected chi connectivity index (χ3v) is 9.24. The van der Waals surface area contributed by atoms with E-state index in [0.717, 1.165) is 31.2 Å². The van der Waals surface area contributed by atoms with Crippen molar-refractivity contribution in [2.24, 2.45) is 11.8 Å². The van der Waals surface area contributed by atoms with Gasteiger partial charge in [-0.15, -0.1) is 0 Å². The summed E-state index contributed by atoms with van der Waals surface area (Å²) in [4.78, 5) is 43.4. The summed E-state index contributed by atoms with van der Waals surface area (Å²) in [6.07, 6.45) is 8.34. The van der Waals surface area contributed by atoms with E-state index < -0.39 is 29.6 Å². The second-order valence-corrected chi connectivity index (χ2v) is 12.3. The number of amides is 3. The number of nitrogens with one attached hydrogen (secondary N) is 2. The monoisotopic (exact) mass is 561 g/mol. The number of anilines is 1. The number of carbonyl (C=O) groups excluding carboxylic acids is 3. The zero-order valence-electron chi connectivity index (χ0n) is 22.9. The van der Waals surface area contributed by atoms with Gasteiger partial charge in [-0.3, -0.25) is 14.4 Å². The Labute approximate surface area is 240 Å². The van der Waals surface area contributed by atoms with E-state index in [1.54, 1.807) is 17.0 Å². The summed E-state index contributed by atoms with van der Waals surface area (Å²) < 4.78 is 6.47. The molecule has 3 aliphatic heterocycles. The number of hydrogen-bond donors (Lipinski definition) is 2. The molecule has 5 atom stereocenters. The van der Waals surface area contributed by atoms with Crippen molar-refractivity contribution in [2.45, 2.75) is 82.2 Å². The Kier molecular flexibility index (Phi) is 7.21. The van der Waals surface area contributed by atoms with E-state index in [-0.39, 0.29) is 30.3 Å². The molecule has 8 heteroatoms. The van der Waals surface area contributed by atoms with Crippen molar-refractivity contribution in [3.63, 3.8) is 0 Å². The maximum absolute atomic E-state index is 14.2. The molecular formula is C32H36ClN3O4. The number of nitrogens with zero attached hydrogens (tertiary/aromatic N) is 1. The lowest BCUT2D eigenvalue weighted by Gasteiger charge is -2.34. The van der Waals surface area contributed by atoms with Crippen molar-refractivity contribution >= 4 is 35.0 Å². The molecule has 2 N–H and O–H groups in total. The Morgan fingerprint density at radius 1 is 1.02 bits per heavy atom.